The summed E-state index contributed by atoms with van der Waals surface area (Å²) in [5.41, 5.74) is 6.85. The molecule has 5 rings (SSSR count). The second kappa shape index (κ2) is 8.39. The first-order valence-electron chi connectivity index (χ1n) is 10.9. The van der Waals surface area contributed by atoms with Gasteiger partial charge in [0.2, 0.25) is 0 Å². The first-order chi connectivity index (χ1) is 16.0. The highest BCUT2D eigenvalue weighted by atomic mass is 16.2. The van der Waals surface area contributed by atoms with Gasteiger partial charge in [-0.05, 0) is 86.5 Å². The molecule has 0 saturated carbocycles. The number of aromatic nitrogens is 2. The standard InChI is InChI=1S/C27H24N4O2/c1-18-17-19(2)31(29-18)24-13-9-21(10-14-24)26(32)28-23-11-7-22(8-12-23)27(33)30-16-15-20-5-3-4-6-25(20)30/h3-14,17H,15-16H2,1-2H3,(H,28,32). The largest absolute Gasteiger partial charge is 0.322 e. The zero-order valence-electron chi connectivity index (χ0n) is 18.6. The zero-order valence-corrected chi connectivity index (χ0v) is 18.6. The molecule has 6 heteroatoms. The second-order valence-corrected chi connectivity index (χ2v) is 8.25. The molecule has 0 atom stereocenters. The lowest BCUT2D eigenvalue weighted by atomic mass is 10.1. The number of anilines is 2. The van der Waals surface area contributed by atoms with Crippen molar-refractivity contribution in [3.05, 3.63) is 107 Å². The number of aryl methyl sites for hydroxylation is 2. The van der Waals surface area contributed by atoms with E-state index < -0.39 is 0 Å². The van der Waals surface area contributed by atoms with Crippen LogP contribution in [0.1, 0.15) is 37.7 Å². The molecule has 6 nitrogen and oxygen atoms in total. The molecule has 3 aromatic carbocycles. The quantitative estimate of drug-likeness (QED) is 0.493. The van der Waals surface area contributed by atoms with Crippen molar-refractivity contribution in [2.75, 3.05) is 16.8 Å². The van der Waals surface area contributed by atoms with E-state index in [0.29, 0.717) is 23.4 Å². The Kier molecular flexibility index (Phi) is 5.26. The van der Waals surface area contributed by atoms with Gasteiger partial charge in [0.15, 0.2) is 0 Å². The molecule has 1 aliphatic heterocycles. The maximum absolute atomic E-state index is 13.0. The molecule has 0 fully saturated rings. The molecule has 1 aliphatic rings. The van der Waals surface area contributed by atoms with E-state index in [1.54, 1.807) is 36.4 Å². The normalized spacial score (nSPS) is 12.5. The maximum Gasteiger partial charge on any atom is 0.258 e. The molecular formula is C27H24N4O2. The number of benzene rings is 3. The number of carbonyl (C=O) groups is 2. The first-order valence-corrected chi connectivity index (χ1v) is 10.9. The number of amides is 2. The van der Waals surface area contributed by atoms with E-state index in [1.165, 1.54) is 5.56 Å². The number of fused-ring (bicyclic) bond motifs is 1. The Morgan fingerprint density at radius 2 is 1.58 bits per heavy atom. The van der Waals surface area contributed by atoms with Gasteiger partial charge in [-0.1, -0.05) is 18.2 Å². The van der Waals surface area contributed by atoms with Crippen molar-refractivity contribution in [1.82, 2.24) is 9.78 Å². The van der Waals surface area contributed by atoms with Crippen LogP contribution >= 0.6 is 0 Å². The predicted molar refractivity (Wildman–Crippen MR) is 129 cm³/mol. The third kappa shape index (κ3) is 4.03. The van der Waals surface area contributed by atoms with E-state index in [0.717, 1.165) is 29.2 Å². The Labute approximate surface area is 192 Å². The summed E-state index contributed by atoms with van der Waals surface area (Å²) in [7, 11) is 0. The van der Waals surface area contributed by atoms with Crippen molar-refractivity contribution in [2.45, 2.75) is 20.3 Å². The Morgan fingerprint density at radius 1 is 0.879 bits per heavy atom. The van der Waals surface area contributed by atoms with Gasteiger partial charge in [0.1, 0.15) is 0 Å². The number of rotatable bonds is 4. The van der Waals surface area contributed by atoms with E-state index in [2.05, 4.69) is 16.5 Å². The molecule has 0 bridgehead atoms. The lowest BCUT2D eigenvalue weighted by molar-refractivity contribution is 0.0988. The fourth-order valence-electron chi connectivity index (χ4n) is 4.25. The highest BCUT2D eigenvalue weighted by Crippen LogP contribution is 2.29. The summed E-state index contributed by atoms with van der Waals surface area (Å²) in [5, 5.41) is 7.37. The van der Waals surface area contributed by atoms with Gasteiger partial charge in [-0.15, -0.1) is 0 Å². The Balaban J connectivity index is 1.26. The van der Waals surface area contributed by atoms with Crippen LogP contribution in [0.5, 0.6) is 0 Å². The topological polar surface area (TPSA) is 67.2 Å². The number of hydrogen-bond acceptors (Lipinski definition) is 3. The minimum absolute atomic E-state index is 0.0300. The summed E-state index contributed by atoms with van der Waals surface area (Å²) in [6.07, 6.45) is 0.869. The average Bonchev–Trinajstić information content (AvgIpc) is 3.41. The molecule has 0 unspecified atom stereocenters. The van der Waals surface area contributed by atoms with Gasteiger partial charge < -0.3 is 10.2 Å². The average molecular weight is 437 g/mol. The van der Waals surface area contributed by atoms with Gasteiger partial charge in [0.25, 0.3) is 11.8 Å². The first kappa shape index (κ1) is 20.7. The Hall–Kier alpha value is -4.19. The highest BCUT2D eigenvalue weighted by Gasteiger charge is 2.25. The Morgan fingerprint density at radius 3 is 2.27 bits per heavy atom. The molecule has 0 radical (unpaired) electrons. The van der Waals surface area contributed by atoms with Gasteiger partial charge in [-0.25, -0.2) is 4.68 Å². The maximum atomic E-state index is 13.0. The fourth-order valence-corrected chi connectivity index (χ4v) is 4.25. The monoisotopic (exact) mass is 436 g/mol. The SMILES string of the molecule is Cc1cc(C)n(-c2ccc(C(=O)Nc3ccc(C(=O)N4CCc5ccccc54)cc3)cc2)n1. The minimum Gasteiger partial charge on any atom is -0.322 e. The number of carbonyl (C=O) groups excluding carboxylic acids is 2. The molecule has 1 aromatic heterocycles. The minimum atomic E-state index is -0.206. The van der Waals surface area contributed by atoms with Gasteiger partial charge in [-0.3, -0.25) is 9.59 Å². The van der Waals surface area contributed by atoms with Crippen molar-refractivity contribution in [2.24, 2.45) is 0 Å². The third-order valence-corrected chi connectivity index (χ3v) is 5.91. The molecule has 2 amide bonds. The second-order valence-electron chi connectivity index (χ2n) is 8.25. The molecular weight excluding hydrogens is 412 g/mol. The summed E-state index contributed by atoms with van der Waals surface area (Å²) in [6.45, 7) is 4.63. The predicted octanol–water partition coefficient (Wildman–Crippen LogP) is 4.94. The van der Waals surface area contributed by atoms with Crippen LogP contribution in [0.25, 0.3) is 5.69 Å². The summed E-state index contributed by atoms with van der Waals surface area (Å²) in [6, 6.07) is 24.4. The summed E-state index contributed by atoms with van der Waals surface area (Å²) in [4.78, 5) is 27.5. The number of hydrogen-bond donors (Lipinski definition) is 1. The van der Waals surface area contributed by atoms with Crippen molar-refractivity contribution >= 4 is 23.2 Å². The van der Waals surface area contributed by atoms with Crippen molar-refractivity contribution in [3.63, 3.8) is 0 Å². The molecule has 33 heavy (non-hydrogen) atoms. The smallest absolute Gasteiger partial charge is 0.258 e. The molecule has 164 valence electrons. The van der Waals surface area contributed by atoms with Crippen LogP contribution < -0.4 is 10.2 Å². The Bertz CT molecular complexity index is 1340. The van der Waals surface area contributed by atoms with Crippen LogP contribution in [-0.2, 0) is 6.42 Å². The lowest BCUT2D eigenvalue weighted by Crippen LogP contribution is -2.28. The summed E-state index contributed by atoms with van der Waals surface area (Å²) in [5.74, 6) is -0.236. The van der Waals surface area contributed by atoms with Gasteiger partial charge in [0, 0.05) is 34.7 Å². The van der Waals surface area contributed by atoms with Crippen LogP contribution in [-0.4, -0.2) is 28.1 Å². The molecule has 4 aromatic rings. The number of para-hydroxylation sites is 1. The summed E-state index contributed by atoms with van der Waals surface area (Å²) >= 11 is 0. The van der Waals surface area contributed by atoms with E-state index >= 15 is 0 Å². The van der Waals surface area contributed by atoms with E-state index in [-0.39, 0.29) is 11.8 Å². The van der Waals surface area contributed by atoms with Gasteiger partial charge >= 0.3 is 0 Å². The third-order valence-electron chi connectivity index (χ3n) is 5.91. The molecule has 0 spiro atoms. The van der Waals surface area contributed by atoms with Gasteiger partial charge in [0.05, 0.1) is 11.4 Å². The van der Waals surface area contributed by atoms with Crippen LogP contribution in [0.4, 0.5) is 11.4 Å². The molecule has 0 aliphatic carbocycles. The summed E-state index contributed by atoms with van der Waals surface area (Å²) < 4.78 is 1.85. The van der Waals surface area contributed by atoms with Crippen LogP contribution in [0, 0.1) is 13.8 Å². The molecule has 1 N–H and O–H groups in total. The van der Waals surface area contributed by atoms with Crippen LogP contribution in [0.15, 0.2) is 78.9 Å². The van der Waals surface area contributed by atoms with Crippen LogP contribution in [0.2, 0.25) is 0 Å². The zero-order chi connectivity index (χ0) is 22.9. The van der Waals surface area contributed by atoms with Crippen molar-refractivity contribution in [1.29, 1.82) is 0 Å². The number of nitrogens with zero attached hydrogens (tertiary/aromatic N) is 3. The fraction of sp³-hybridized carbons (Fsp3) is 0.148. The van der Waals surface area contributed by atoms with E-state index in [9.17, 15) is 9.59 Å². The lowest BCUT2D eigenvalue weighted by Gasteiger charge is -2.17. The highest BCUT2D eigenvalue weighted by molar-refractivity contribution is 6.08. The van der Waals surface area contributed by atoms with Crippen molar-refractivity contribution in [3.8, 4) is 5.69 Å². The van der Waals surface area contributed by atoms with Crippen molar-refractivity contribution < 1.29 is 9.59 Å². The van der Waals surface area contributed by atoms with Gasteiger partial charge in [-0.2, -0.15) is 5.10 Å². The van der Waals surface area contributed by atoms with E-state index in [4.69, 9.17) is 0 Å². The molecule has 0 saturated heterocycles. The number of nitrogens with one attached hydrogen (secondary N) is 1. The van der Waals surface area contributed by atoms with E-state index in [1.807, 2.05) is 59.8 Å². The van der Waals surface area contributed by atoms with Crippen LogP contribution in [0.3, 0.4) is 0 Å². The molecule has 2 heterocycles.